The Morgan fingerprint density at radius 2 is 2.06 bits per heavy atom. The van der Waals surface area contributed by atoms with E-state index >= 15 is 0 Å². The van der Waals surface area contributed by atoms with Gasteiger partial charge in [0.05, 0.1) is 18.1 Å². The van der Waals surface area contributed by atoms with Gasteiger partial charge in [-0.25, -0.2) is 4.68 Å². The van der Waals surface area contributed by atoms with Gasteiger partial charge in [-0.05, 0) is 44.9 Å². The molecule has 4 nitrogen and oxygen atoms in total. The van der Waals surface area contributed by atoms with Gasteiger partial charge >= 0.3 is 0 Å². The summed E-state index contributed by atoms with van der Waals surface area (Å²) in [7, 11) is 0. The predicted octanol–water partition coefficient (Wildman–Crippen LogP) is 2.46. The predicted molar refractivity (Wildman–Crippen MR) is 72.7 cm³/mol. The molecule has 4 heteroatoms. The first-order valence-corrected chi connectivity index (χ1v) is 6.15. The van der Waals surface area contributed by atoms with Gasteiger partial charge in [-0.15, -0.1) is 0 Å². The molecule has 0 fully saturated rings. The van der Waals surface area contributed by atoms with E-state index in [1.54, 1.807) is 0 Å². The summed E-state index contributed by atoms with van der Waals surface area (Å²) in [6.45, 7) is 9.32. The third kappa shape index (κ3) is 3.17. The van der Waals surface area contributed by atoms with Crippen molar-refractivity contribution in [2.45, 2.75) is 39.8 Å². The van der Waals surface area contributed by atoms with E-state index in [0.717, 1.165) is 17.8 Å². The molecule has 0 saturated carbocycles. The van der Waals surface area contributed by atoms with E-state index in [-0.39, 0.29) is 5.54 Å². The average Bonchev–Trinajstić information content (AvgIpc) is 2.72. The van der Waals surface area contributed by atoms with Crippen molar-refractivity contribution in [3.8, 4) is 5.69 Å². The third-order valence-corrected chi connectivity index (χ3v) is 2.66. The first-order valence-electron chi connectivity index (χ1n) is 6.15. The number of hydrogen-bond donors (Lipinski definition) is 1. The Balaban J connectivity index is 2.26. The van der Waals surface area contributed by atoms with Crippen molar-refractivity contribution >= 4 is 0 Å². The first-order chi connectivity index (χ1) is 8.46. The highest BCUT2D eigenvalue weighted by atomic mass is 15.3. The lowest BCUT2D eigenvalue weighted by molar-refractivity contribution is 0.423. The van der Waals surface area contributed by atoms with Crippen LogP contribution in [0.2, 0.25) is 0 Å². The quantitative estimate of drug-likeness (QED) is 0.902. The van der Waals surface area contributed by atoms with Crippen molar-refractivity contribution in [1.82, 2.24) is 20.1 Å². The van der Waals surface area contributed by atoms with E-state index in [9.17, 15) is 0 Å². The van der Waals surface area contributed by atoms with Crippen LogP contribution in [0, 0.1) is 6.92 Å². The second kappa shape index (κ2) is 4.90. The molecule has 2 heterocycles. The molecule has 1 N–H and O–H groups in total. The summed E-state index contributed by atoms with van der Waals surface area (Å²) in [6, 6.07) is 2.03. The van der Waals surface area contributed by atoms with Gasteiger partial charge in [0.2, 0.25) is 0 Å². The highest BCUT2D eigenvalue weighted by molar-refractivity contribution is 5.37. The fraction of sp³-hybridized carbons (Fsp3) is 0.429. The molecule has 96 valence electrons. The summed E-state index contributed by atoms with van der Waals surface area (Å²) in [6.07, 6.45) is 7.54. The van der Waals surface area contributed by atoms with E-state index in [1.807, 2.05) is 42.5 Å². The maximum Gasteiger partial charge on any atom is 0.0873 e. The van der Waals surface area contributed by atoms with Gasteiger partial charge in [-0.1, -0.05) is 0 Å². The molecular weight excluding hydrogens is 224 g/mol. The second-order valence-corrected chi connectivity index (χ2v) is 5.57. The van der Waals surface area contributed by atoms with Crippen LogP contribution in [0.25, 0.3) is 5.69 Å². The summed E-state index contributed by atoms with van der Waals surface area (Å²) in [4.78, 5) is 4.19. The topological polar surface area (TPSA) is 42.7 Å². The summed E-state index contributed by atoms with van der Waals surface area (Å²) < 4.78 is 1.88. The SMILES string of the molecule is Cc1cnn(-c2cnccc2CNC(C)(C)C)c1. The molecule has 2 aromatic rings. The van der Waals surface area contributed by atoms with Gasteiger partial charge in [0, 0.05) is 24.5 Å². The highest BCUT2D eigenvalue weighted by Crippen LogP contribution is 2.14. The average molecular weight is 244 g/mol. The normalized spacial score (nSPS) is 11.8. The van der Waals surface area contributed by atoms with E-state index in [0.29, 0.717) is 0 Å². The number of hydrogen-bond acceptors (Lipinski definition) is 3. The number of nitrogens with zero attached hydrogens (tertiary/aromatic N) is 3. The molecule has 0 aliphatic carbocycles. The largest absolute Gasteiger partial charge is 0.308 e. The van der Waals surface area contributed by atoms with Crippen LogP contribution in [0.1, 0.15) is 31.9 Å². The molecule has 0 spiro atoms. The number of rotatable bonds is 3. The van der Waals surface area contributed by atoms with Gasteiger partial charge in [-0.3, -0.25) is 4.98 Å². The first kappa shape index (κ1) is 12.8. The summed E-state index contributed by atoms with van der Waals surface area (Å²) in [5, 5.41) is 7.83. The van der Waals surface area contributed by atoms with Crippen molar-refractivity contribution in [2.75, 3.05) is 0 Å². The van der Waals surface area contributed by atoms with E-state index < -0.39 is 0 Å². The van der Waals surface area contributed by atoms with Crippen LogP contribution in [0.15, 0.2) is 30.9 Å². The van der Waals surface area contributed by atoms with E-state index in [2.05, 4.69) is 36.2 Å². The summed E-state index contributed by atoms with van der Waals surface area (Å²) in [5.74, 6) is 0. The lowest BCUT2D eigenvalue weighted by Crippen LogP contribution is -2.35. The number of pyridine rings is 1. The summed E-state index contributed by atoms with van der Waals surface area (Å²) in [5.41, 5.74) is 3.47. The van der Waals surface area contributed by atoms with Crippen molar-refractivity contribution in [2.24, 2.45) is 0 Å². The monoisotopic (exact) mass is 244 g/mol. The fourth-order valence-corrected chi connectivity index (χ4v) is 1.68. The number of nitrogens with one attached hydrogen (secondary N) is 1. The molecule has 0 aromatic carbocycles. The van der Waals surface area contributed by atoms with Crippen LogP contribution in [-0.2, 0) is 6.54 Å². The molecule has 0 aliphatic heterocycles. The zero-order chi connectivity index (χ0) is 13.2. The van der Waals surface area contributed by atoms with Crippen molar-refractivity contribution in [3.05, 3.63) is 42.0 Å². The Bertz CT molecular complexity index is 523. The highest BCUT2D eigenvalue weighted by Gasteiger charge is 2.11. The molecule has 0 bridgehead atoms. The van der Waals surface area contributed by atoms with Crippen molar-refractivity contribution in [3.63, 3.8) is 0 Å². The Labute approximate surface area is 108 Å². The molecule has 0 unspecified atom stereocenters. The third-order valence-electron chi connectivity index (χ3n) is 2.66. The van der Waals surface area contributed by atoms with Gasteiger partial charge < -0.3 is 5.32 Å². The molecule has 0 radical (unpaired) electrons. The van der Waals surface area contributed by atoms with Gasteiger partial charge in [0.25, 0.3) is 0 Å². The fourth-order valence-electron chi connectivity index (χ4n) is 1.68. The molecular formula is C14H20N4. The zero-order valence-corrected chi connectivity index (χ0v) is 11.4. The Hall–Kier alpha value is -1.68. The summed E-state index contributed by atoms with van der Waals surface area (Å²) >= 11 is 0. The van der Waals surface area contributed by atoms with Crippen LogP contribution in [0.5, 0.6) is 0 Å². The molecule has 0 atom stereocenters. The number of aromatic nitrogens is 3. The van der Waals surface area contributed by atoms with Crippen LogP contribution in [-0.4, -0.2) is 20.3 Å². The van der Waals surface area contributed by atoms with Crippen LogP contribution < -0.4 is 5.32 Å². The molecule has 2 aromatic heterocycles. The maximum absolute atomic E-state index is 4.34. The molecule has 0 saturated heterocycles. The van der Waals surface area contributed by atoms with Crippen LogP contribution >= 0.6 is 0 Å². The van der Waals surface area contributed by atoms with Crippen molar-refractivity contribution < 1.29 is 0 Å². The Morgan fingerprint density at radius 3 is 2.67 bits per heavy atom. The van der Waals surface area contributed by atoms with Gasteiger partial charge in [-0.2, -0.15) is 5.10 Å². The maximum atomic E-state index is 4.34. The van der Waals surface area contributed by atoms with E-state index in [4.69, 9.17) is 0 Å². The Morgan fingerprint density at radius 1 is 1.28 bits per heavy atom. The molecule has 0 amide bonds. The molecule has 0 aliphatic rings. The van der Waals surface area contributed by atoms with Crippen LogP contribution in [0.3, 0.4) is 0 Å². The van der Waals surface area contributed by atoms with E-state index in [1.165, 1.54) is 5.56 Å². The second-order valence-electron chi connectivity index (χ2n) is 5.57. The zero-order valence-electron chi connectivity index (χ0n) is 11.4. The minimum atomic E-state index is 0.0978. The standard InChI is InChI=1S/C14H20N4/c1-11-7-17-18(10-11)13-9-15-6-5-12(13)8-16-14(2,3)4/h5-7,9-10,16H,8H2,1-4H3. The minimum absolute atomic E-state index is 0.0978. The van der Waals surface area contributed by atoms with Crippen LogP contribution in [0.4, 0.5) is 0 Å². The molecule has 18 heavy (non-hydrogen) atoms. The van der Waals surface area contributed by atoms with Gasteiger partial charge in [0.15, 0.2) is 0 Å². The smallest absolute Gasteiger partial charge is 0.0873 e. The van der Waals surface area contributed by atoms with Crippen molar-refractivity contribution in [1.29, 1.82) is 0 Å². The lowest BCUT2D eigenvalue weighted by Gasteiger charge is -2.21. The Kier molecular flexibility index (Phi) is 3.48. The lowest BCUT2D eigenvalue weighted by atomic mass is 10.1. The number of aryl methyl sites for hydroxylation is 1. The van der Waals surface area contributed by atoms with Gasteiger partial charge in [0.1, 0.15) is 0 Å². The minimum Gasteiger partial charge on any atom is -0.308 e. The molecule has 2 rings (SSSR count).